The Morgan fingerprint density at radius 3 is 2.92 bits per heavy atom. The van der Waals surface area contributed by atoms with Gasteiger partial charge in [0.2, 0.25) is 0 Å². The molecular weight excluding hydrogens is 240 g/mol. The van der Waals surface area contributed by atoms with Gasteiger partial charge in [-0.1, -0.05) is 0 Å². The van der Waals surface area contributed by atoms with Gasteiger partial charge in [0.15, 0.2) is 0 Å². The van der Waals surface area contributed by atoms with Crippen LogP contribution in [-0.2, 0) is 4.79 Å². The van der Waals surface area contributed by atoms with E-state index in [0.29, 0.717) is 0 Å². The number of thiophene rings is 1. The average Bonchev–Trinajstić information content (AvgIpc) is 2.70. The van der Waals surface area contributed by atoms with E-state index >= 15 is 0 Å². The molecule has 1 heterocycles. The van der Waals surface area contributed by atoms with E-state index in [9.17, 15) is 4.79 Å². The van der Waals surface area contributed by atoms with E-state index in [1.165, 1.54) is 4.88 Å². The van der Waals surface area contributed by atoms with Crippen molar-refractivity contribution in [2.75, 3.05) is 0 Å². The molecule has 1 N–H and O–H groups in total. The predicted octanol–water partition coefficient (Wildman–Crippen LogP) is 2.70. The van der Waals surface area contributed by atoms with E-state index < -0.39 is 5.97 Å². The molecule has 0 aromatic carbocycles. The summed E-state index contributed by atoms with van der Waals surface area (Å²) in [5, 5.41) is 10.7. The van der Waals surface area contributed by atoms with Gasteiger partial charge in [0, 0.05) is 20.6 Å². The van der Waals surface area contributed by atoms with Crippen molar-refractivity contribution in [3.8, 4) is 0 Å². The van der Waals surface area contributed by atoms with Gasteiger partial charge in [-0.05, 0) is 28.4 Å². The normalized spacial score (nSPS) is 27.1. The van der Waals surface area contributed by atoms with Crippen LogP contribution in [0.4, 0.5) is 0 Å². The molecule has 4 heteroatoms. The highest BCUT2D eigenvalue weighted by Crippen LogP contribution is 2.49. The van der Waals surface area contributed by atoms with Gasteiger partial charge in [-0.25, -0.2) is 0 Å². The standard InChI is InChI=1S/C8H7BrO2S/c9-4-1-7(12-3-4)5-2-6(5)8(10)11/h1,3,5-6H,2H2,(H,10,11)/t5-,6?/m1/s1. The highest BCUT2D eigenvalue weighted by atomic mass is 79.9. The van der Waals surface area contributed by atoms with Crippen LogP contribution in [-0.4, -0.2) is 11.1 Å². The van der Waals surface area contributed by atoms with Crippen LogP contribution >= 0.6 is 27.3 Å². The molecule has 1 aliphatic carbocycles. The average molecular weight is 247 g/mol. The molecule has 1 aromatic heterocycles. The lowest BCUT2D eigenvalue weighted by Gasteiger charge is -1.89. The molecule has 2 rings (SSSR count). The number of rotatable bonds is 2. The summed E-state index contributed by atoms with van der Waals surface area (Å²) in [7, 11) is 0. The lowest BCUT2D eigenvalue weighted by Crippen LogP contribution is -1.97. The SMILES string of the molecule is O=C(O)C1C[C@H]1c1cc(Br)cs1. The Morgan fingerprint density at radius 2 is 2.50 bits per heavy atom. The molecule has 64 valence electrons. The second-order valence-electron chi connectivity index (χ2n) is 2.95. The van der Waals surface area contributed by atoms with Crippen molar-refractivity contribution in [2.24, 2.45) is 5.92 Å². The fourth-order valence-corrected chi connectivity index (χ4v) is 2.93. The zero-order valence-corrected chi connectivity index (χ0v) is 8.56. The molecule has 0 spiro atoms. The lowest BCUT2D eigenvalue weighted by atomic mass is 10.3. The van der Waals surface area contributed by atoms with Gasteiger partial charge in [0.25, 0.3) is 0 Å². The minimum absolute atomic E-state index is 0.129. The molecule has 0 amide bonds. The zero-order valence-electron chi connectivity index (χ0n) is 6.16. The minimum atomic E-state index is -0.662. The van der Waals surface area contributed by atoms with Crippen molar-refractivity contribution in [2.45, 2.75) is 12.3 Å². The highest BCUT2D eigenvalue weighted by molar-refractivity contribution is 9.10. The first kappa shape index (κ1) is 8.26. The highest BCUT2D eigenvalue weighted by Gasteiger charge is 2.44. The van der Waals surface area contributed by atoms with Crippen LogP contribution in [0, 0.1) is 5.92 Å². The summed E-state index contributed by atoms with van der Waals surface area (Å²) in [5.74, 6) is -0.515. The molecule has 1 aromatic rings. The first-order valence-electron chi connectivity index (χ1n) is 3.65. The summed E-state index contributed by atoms with van der Waals surface area (Å²) in [5.41, 5.74) is 0. The van der Waals surface area contributed by atoms with E-state index in [4.69, 9.17) is 5.11 Å². The Bertz CT molecular complexity index is 321. The topological polar surface area (TPSA) is 37.3 Å². The van der Waals surface area contributed by atoms with Crippen LogP contribution in [0.1, 0.15) is 17.2 Å². The Labute approximate surface area is 82.3 Å². The summed E-state index contributed by atoms with van der Waals surface area (Å²) in [4.78, 5) is 11.7. The molecule has 1 saturated carbocycles. The second-order valence-corrected chi connectivity index (χ2v) is 4.81. The smallest absolute Gasteiger partial charge is 0.307 e. The summed E-state index contributed by atoms with van der Waals surface area (Å²) >= 11 is 4.98. The molecular formula is C8H7BrO2S. The maximum atomic E-state index is 10.5. The van der Waals surface area contributed by atoms with E-state index in [1.807, 2.05) is 11.4 Å². The molecule has 1 fully saturated rings. The van der Waals surface area contributed by atoms with Crippen LogP contribution in [0.3, 0.4) is 0 Å². The number of carboxylic acids is 1. The number of halogens is 1. The molecule has 0 saturated heterocycles. The van der Waals surface area contributed by atoms with Gasteiger partial charge in [0.05, 0.1) is 5.92 Å². The monoisotopic (exact) mass is 246 g/mol. The molecule has 0 bridgehead atoms. The van der Waals surface area contributed by atoms with Crippen molar-refractivity contribution in [3.05, 3.63) is 20.8 Å². The number of hydrogen-bond acceptors (Lipinski definition) is 2. The maximum absolute atomic E-state index is 10.5. The van der Waals surface area contributed by atoms with Crippen molar-refractivity contribution < 1.29 is 9.90 Å². The summed E-state index contributed by atoms with van der Waals surface area (Å²) in [6.45, 7) is 0. The van der Waals surface area contributed by atoms with E-state index in [1.54, 1.807) is 11.3 Å². The van der Waals surface area contributed by atoms with Gasteiger partial charge in [0.1, 0.15) is 0 Å². The van der Waals surface area contributed by atoms with Gasteiger partial charge < -0.3 is 5.11 Å². The van der Waals surface area contributed by atoms with Crippen LogP contribution in [0.2, 0.25) is 0 Å². The Kier molecular flexibility index (Phi) is 1.96. The summed E-state index contributed by atoms with van der Waals surface area (Å²) in [6, 6.07) is 2.01. The van der Waals surface area contributed by atoms with Gasteiger partial charge >= 0.3 is 5.97 Å². The Balaban J connectivity index is 2.10. The van der Waals surface area contributed by atoms with Gasteiger partial charge in [-0.3, -0.25) is 4.79 Å². The van der Waals surface area contributed by atoms with E-state index in [-0.39, 0.29) is 11.8 Å². The van der Waals surface area contributed by atoms with Crippen molar-refractivity contribution in [1.82, 2.24) is 0 Å². The van der Waals surface area contributed by atoms with E-state index in [0.717, 1.165) is 10.9 Å². The van der Waals surface area contributed by atoms with Crippen LogP contribution in [0.15, 0.2) is 15.9 Å². The summed E-state index contributed by atoms with van der Waals surface area (Å²) in [6.07, 6.45) is 0.808. The minimum Gasteiger partial charge on any atom is -0.481 e. The fourth-order valence-electron chi connectivity index (χ4n) is 1.31. The molecule has 1 unspecified atom stereocenters. The number of carboxylic acid groups (broad SMARTS) is 1. The van der Waals surface area contributed by atoms with Crippen molar-refractivity contribution >= 4 is 33.2 Å². The van der Waals surface area contributed by atoms with Crippen LogP contribution < -0.4 is 0 Å². The zero-order chi connectivity index (χ0) is 8.72. The molecule has 2 atom stereocenters. The molecule has 0 radical (unpaired) electrons. The number of aliphatic carboxylic acids is 1. The third-order valence-corrected chi connectivity index (χ3v) is 3.89. The quantitative estimate of drug-likeness (QED) is 0.872. The first-order valence-corrected chi connectivity index (χ1v) is 5.32. The number of carbonyl (C=O) groups is 1. The van der Waals surface area contributed by atoms with Crippen molar-refractivity contribution in [3.63, 3.8) is 0 Å². The number of hydrogen-bond donors (Lipinski definition) is 1. The van der Waals surface area contributed by atoms with E-state index in [2.05, 4.69) is 15.9 Å². The predicted molar refractivity (Wildman–Crippen MR) is 50.5 cm³/mol. The summed E-state index contributed by atoms with van der Waals surface area (Å²) < 4.78 is 1.05. The first-order chi connectivity index (χ1) is 5.68. The lowest BCUT2D eigenvalue weighted by molar-refractivity contribution is -0.138. The second kappa shape index (κ2) is 2.85. The Hall–Kier alpha value is -0.350. The van der Waals surface area contributed by atoms with Gasteiger partial charge in [-0.15, -0.1) is 11.3 Å². The molecule has 2 nitrogen and oxygen atoms in total. The van der Waals surface area contributed by atoms with Crippen LogP contribution in [0.5, 0.6) is 0 Å². The third kappa shape index (κ3) is 1.41. The largest absolute Gasteiger partial charge is 0.481 e. The Morgan fingerprint density at radius 1 is 1.75 bits per heavy atom. The third-order valence-electron chi connectivity index (χ3n) is 2.06. The fraction of sp³-hybridized carbons (Fsp3) is 0.375. The maximum Gasteiger partial charge on any atom is 0.307 e. The molecule has 1 aliphatic rings. The van der Waals surface area contributed by atoms with Gasteiger partial charge in [-0.2, -0.15) is 0 Å². The van der Waals surface area contributed by atoms with Crippen LogP contribution in [0.25, 0.3) is 0 Å². The molecule has 12 heavy (non-hydrogen) atoms. The molecule has 0 aliphatic heterocycles. The van der Waals surface area contributed by atoms with Crippen molar-refractivity contribution in [1.29, 1.82) is 0 Å².